The lowest BCUT2D eigenvalue weighted by Crippen LogP contribution is -2.10. The van der Waals surface area contributed by atoms with Gasteiger partial charge in [0.1, 0.15) is 0 Å². The molecule has 0 radical (unpaired) electrons. The zero-order chi connectivity index (χ0) is 15.8. The Bertz CT molecular complexity index is 619. The van der Waals surface area contributed by atoms with Crippen molar-refractivity contribution in [1.29, 1.82) is 5.26 Å². The molecule has 114 valence electrons. The number of aromatic nitrogens is 1. The van der Waals surface area contributed by atoms with Gasteiger partial charge in [-0.05, 0) is 29.7 Å². The van der Waals surface area contributed by atoms with Crippen LogP contribution in [-0.4, -0.2) is 4.98 Å². The average Bonchev–Trinajstić information content (AvgIpc) is 2.54. The van der Waals surface area contributed by atoms with Crippen LogP contribution in [0.15, 0.2) is 58.6 Å². The summed E-state index contributed by atoms with van der Waals surface area (Å²) in [4.78, 5) is 6.74. The Kier molecular flexibility index (Phi) is 6.48. The van der Waals surface area contributed by atoms with Crippen LogP contribution < -0.4 is 0 Å². The quantitative estimate of drug-likeness (QED) is 0.661. The predicted molar refractivity (Wildman–Crippen MR) is 91.8 cm³/mol. The van der Waals surface area contributed by atoms with E-state index in [2.05, 4.69) is 43.1 Å². The van der Waals surface area contributed by atoms with Crippen LogP contribution in [0.1, 0.15) is 44.6 Å². The van der Waals surface area contributed by atoms with Crippen LogP contribution in [0, 0.1) is 17.2 Å². The van der Waals surface area contributed by atoms with Gasteiger partial charge in [-0.1, -0.05) is 56.7 Å². The van der Waals surface area contributed by atoms with Gasteiger partial charge in [-0.2, -0.15) is 5.26 Å². The van der Waals surface area contributed by atoms with Crippen LogP contribution in [0.25, 0.3) is 0 Å². The van der Waals surface area contributed by atoms with Crippen LogP contribution in [-0.2, 0) is 0 Å². The number of benzene rings is 1. The second-order valence-electron chi connectivity index (χ2n) is 5.60. The number of nitrogens with zero attached hydrogens (tertiary/aromatic N) is 2. The summed E-state index contributed by atoms with van der Waals surface area (Å²) in [7, 11) is 0. The highest BCUT2D eigenvalue weighted by Gasteiger charge is 2.19. The molecule has 0 saturated carbocycles. The summed E-state index contributed by atoms with van der Waals surface area (Å²) >= 11 is 1.72. The number of nitriles is 1. The lowest BCUT2D eigenvalue weighted by atomic mass is 9.83. The van der Waals surface area contributed by atoms with E-state index < -0.39 is 0 Å². The van der Waals surface area contributed by atoms with Crippen LogP contribution in [0.3, 0.4) is 0 Å². The molecule has 2 aromatic rings. The van der Waals surface area contributed by atoms with Crippen molar-refractivity contribution in [3.63, 3.8) is 0 Å². The van der Waals surface area contributed by atoms with Crippen molar-refractivity contribution < 1.29 is 0 Å². The third kappa shape index (κ3) is 4.61. The van der Waals surface area contributed by atoms with Crippen molar-refractivity contribution >= 4 is 11.8 Å². The standard InChI is InChI=1S/C19H22N2S/c1-3-7-15(2)19(10-11-20)16-12-18(14-21-13-16)22-17-8-5-4-6-9-17/h4-6,8-9,12-15,19H,3,7,10H2,1-2H3. The monoisotopic (exact) mass is 310 g/mol. The second kappa shape index (κ2) is 8.60. The fourth-order valence-corrected chi connectivity index (χ4v) is 3.60. The SMILES string of the molecule is CCCC(C)C(CC#N)c1cncc(Sc2ccccc2)c1. The molecule has 2 nitrogen and oxygen atoms in total. The number of pyridine rings is 1. The van der Waals surface area contributed by atoms with E-state index in [0.29, 0.717) is 12.3 Å². The van der Waals surface area contributed by atoms with Gasteiger partial charge < -0.3 is 0 Å². The van der Waals surface area contributed by atoms with Crippen LogP contribution in [0.4, 0.5) is 0 Å². The highest BCUT2D eigenvalue weighted by molar-refractivity contribution is 7.99. The van der Waals surface area contributed by atoms with Gasteiger partial charge >= 0.3 is 0 Å². The summed E-state index contributed by atoms with van der Waals surface area (Å²) in [5.74, 6) is 0.775. The first-order chi connectivity index (χ1) is 10.7. The topological polar surface area (TPSA) is 36.7 Å². The highest BCUT2D eigenvalue weighted by atomic mass is 32.2. The van der Waals surface area contributed by atoms with Gasteiger partial charge in [-0.15, -0.1) is 0 Å². The molecule has 2 unspecified atom stereocenters. The maximum atomic E-state index is 9.14. The van der Waals surface area contributed by atoms with Gasteiger partial charge in [-0.3, -0.25) is 4.98 Å². The van der Waals surface area contributed by atoms with E-state index in [-0.39, 0.29) is 5.92 Å². The molecular weight excluding hydrogens is 288 g/mol. The smallest absolute Gasteiger partial charge is 0.0628 e. The zero-order valence-corrected chi connectivity index (χ0v) is 14.0. The number of hydrogen-bond acceptors (Lipinski definition) is 3. The van der Waals surface area contributed by atoms with Gasteiger partial charge in [0.05, 0.1) is 6.07 Å². The summed E-state index contributed by atoms with van der Waals surface area (Å²) in [6.45, 7) is 4.43. The number of hydrogen-bond donors (Lipinski definition) is 0. The van der Waals surface area contributed by atoms with E-state index in [1.165, 1.54) is 10.5 Å². The van der Waals surface area contributed by atoms with Crippen LogP contribution in [0.5, 0.6) is 0 Å². The first-order valence-electron chi connectivity index (χ1n) is 7.79. The molecule has 2 atom stereocenters. The summed E-state index contributed by atoms with van der Waals surface area (Å²) < 4.78 is 0. The molecule has 3 heteroatoms. The Labute approximate surface area is 137 Å². The molecule has 0 aliphatic carbocycles. The predicted octanol–water partition coefficient (Wildman–Crippen LogP) is 5.67. The summed E-state index contributed by atoms with van der Waals surface area (Å²) in [5.41, 5.74) is 1.18. The Hall–Kier alpha value is -1.79. The normalized spacial score (nSPS) is 13.3. The lowest BCUT2D eigenvalue weighted by molar-refractivity contribution is 0.427. The van der Waals surface area contributed by atoms with E-state index in [1.807, 2.05) is 30.6 Å². The van der Waals surface area contributed by atoms with Crippen molar-refractivity contribution in [1.82, 2.24) is 4.98 Å². The Balaban J connectivity index is 2.20. The molecule has 0 aliphatic heterocycles. The van der Waals surface area contributed by atoms with Crippen molar-refractivity contribution in [3.8, 4) is 6.07 Å². The highest BCUT2D eigenvalue weighted by Crippen LogP contribution is 2.34. The van der Waals surface area contributed by atoms with Gasteiger partial charge in [0, 0.05) is 34.5 Å². The average molecular weight is 310 g/mol. The van der Waals surface area contributed by atoms with E-state index in [9.17, 15) is 0 Å². The van der Waals surface area contributed by atoms with Gasteiger partial charge in [0.25, 0.3) is 0 Å². The molecule has 0 saturated heterocycles. The Morgan fingerprint density at radius 3 is 2.64 bits per heavy atom. The Morgan fingerprint density at radius 1 is 1.18 bits per heavy atom. The van der Waals surface area contributed by atoms with Crippen molar-refractivity contribution in [3.05, 3.63) is 54.4 Å². The van der Waals surface area contributed by atoms with Crippen molar-refractivity contribution in [2.45, 2.75) is 48.8 Å². The minimum atomic E-state index is 0.272. The van der Waals surface area contributed by atoms with E-state index in [1.54, 1.807) is 11.8 Å². The van der Waals surface area contributed by atoms with Gasteiger partial charge in [0.15, 0.2) is 0 Å². The lowest BCUT2D eigenvalue weighted by Gasteiger charge is -2.21. The molecule has 0 bridgehead atoms. The third-order valence-corrected chi connectivity index (χ3v) is 4.85. The molecule has 1 heterocycles. The maximum Gasteiger partial charge on any atom is 0.0628 e. The Morgan fingerprint density at radius 2 is 1.95 bits per heavy atom. The van der Waals surface area contributed by atoms with Crippen LogP contribution in [0.2, 0.25) is 0 Å². The first-order valence-corrected chi connectivity index (χ1v) is 8.61. The minimum Gasteiger partial charge on any atom is -0.263 e. The zero-order valence-electron chi connectivity index (χ0n) is 13.2. The molecule has 1 aromatic carbocycles. The van der Waals surface area contributed by atoms with Crippen LogP contribution >= 0.6 is 11.8 Å². The largest absolute Gasteiger partial charge is 0.263 e. The fraction of sp³-hybridized carbons (Fsp3) is 0.368. The minimum absolute atomic E-state index is 0.272. The molecule has 2 rings (SSSR count). The van der Waals surface area contributed by atoms with Gasteiger partial charge in [0.2, 0.25) is 0 Å². The van der Waals surface area contributed by atoms with Crippen molar-refractivity contribution in [2.75, 3.05) is 0 Å². The molecule has 0 fully saturated rings. The molecule has 22 heavy (non-hydrogen) atoms. The molecule has 0 N–H and O–H groups in total. The van der Waals surface area contributed by atoms with E-state index in [0.717, 1.165) is 17.7 Å². The fourth-order valence-electron chi connectivity index (χ4n) is 2.72. The summed E-state index contributed by atoms with van der Waals surface area (Å²) in [6.07, 6.45) is 6.66. The van der Waals surface area contributed by atoms with E-state index >= 15 is 0 Å². The molecular formula is C19H22N2S. The van der Waals surface area contributed by atoms with E-state index in [4.69, 9.17) is 5.26 Å². The second-order valence-corrected chi connectivity index (χ2v) is 6.75. The van der Waals surface area contributed by atoms with Crippen molar-refractivity contribution in [2.24, 2.45) is 5.92 Å². The molecule has 0 aliphatic rings. The first kappa shape index (κ1) is 16.6. The summed E-state index contributed by atoms with van der Waals surface area (Å²) in [6, 6.07) is 14.8. The molecule has 0 amide bonds. The third-order valence-electron chi connectivity index (χ3n) is 3.88. The van der Waals surface area contributed by atoms with Gasteiger partial charge in [-0.25, -0.2) is 0 Å². The molecule has 1 aromatic heterocycles. The maximum absolute atomic E-state index is 9.14. The summed E-state index contributed by atoms with van der Waals surface area (Å²) in [5, 5.41) is 9.14. The molecule has 0 spiro atoms. The number of rotatable bonds is 7.